The Labute approximate surface area is 97.8 Å². The lowest BCUT2D eigenvalue weighted by Crippen LogP contribution is -2.46. The largest absolute Gasteiger partial charge is 0.381 e. The van der Waals surface area contributed by atoms with E-state index in [1.165, 1.54) is 0 Å². The fraction of sp³-hybridized carbons (Fsp3) is 0.769. The maximum Gasteiger partial charge on any atom is 0.164 e. The van der Waals surface area contributed by atoms with Crippen molar-refractivity contribution in [2.75, 3.05) is 19.8 Å². The van der Waals surface area contributed by atoms with Crippen molar-refractivity contribution in [1.29, 1.82) is 0 Å². The summed E-state index contributed by atoms with van der Waals surface area (Å²) < 4.78 is 11.0. The van der Waals surface area contributed by atoms with E-state index in [4.69, 9.17) is 9.47 Å². The summed E-state index contributed by atoms with van der Waals surface area (Å²) in [5.41, 5.74) is -0.561. The van der Waals surface area contributed by atoms with Crippen molar-refractivity contribution in [3.63, 3.8) is 0 Å². The minimum atomic E-state index is -0.561. The summed E-state index contributed by atoms with van der Waals surface area (Å²) in [5, 5.41) is 0. The van der Waals surface area contributed by atoms with Gasteiger partial charge in [-0.25, -0.2) is 0 Å². The minimum absolute atomic E-state index is 0.236. The maximum absolute atomic E-state index is 12.2. The third kappa shape index (κ3) is 3.42. The zero-order chi connectivity index (χ0) is 11.9. The van der Waals surface area contributed by atoms with E-state index in [-0.39, 0.29) is 5.78 Å². The van der Waals surface area contributed by atoms with Gasteiger partial charge >= 0.3 is 0 Å². The monoisotopic (exact) mass is 226 g/mol. The van der Waals surface area contributed by atoms with Crippen LogP contribution in [0.1, 0.15) is 39.0 Å². The molecule has 0 unspecified atom stereocenters. The molecule has 0 radical (unpaired) electrons. The normalized spacial score (nSPS) is 19.3. The van der Waals surface area contributed by atoms with Crippen LogP contribution < -0.4 is 0 Å². The molecular formula is C13H22O3. The molecule has 1 saturated heterocycles. The molecule has 3 heteroatoms. The molecule has 1 aliphatic rings. The third-order valence-corrected chi connectivity index (χ3v) is 3.04. The average molecular weight is 226 g/mol. The molecule has 0 aromatic carbocycles. The highest BCUT2D eigenvalue weighted by atomic mass is 16.5. The first kappa shape index (κ1) is 13.4. The van der Waals surface area contributed by atoms with Gasteiger partial charge < -0.3 is 9.47 Å². The highest BCUT2D eigenvalue weighted by molar-refractivity contribution is 5.87. The van der Waals surface area contributed by atoms with Crippen LogP contribution in [0, 0.1) is 0 Å². The SMILES string of the molecule is C=CCCCC(=O)C1(OCC)CCOCC1. The Bertz CT molecular complexity index is 224. The molecule has 0 amide bonds. The number of unbranched alkanes of at least 4 members (excludes halogenated alkanes) is 1. The van der Waals surface area contributed by atoms with Gasteiger partial charge in [0, 0.05) is 39.1 Å². The number of allylic oxidation sites excluding steroid dienone is 1. The van der Waals surface area contributed by atoms with Gasteiger partial charge in [-0.2, -0.15) is 0 Å². The standard InChI is InChI=1S/C13H22O3/c1-3-5-6-7-12(14)13(16-4-2)8-10-15-11-9-13/h3H,1,4-11H2,2H3. The molecule has 0 aliphatic carbocycles. The number of hydrogen-bond acceptors (Lipinski definition) is 3. The topological polar surface area (TPSA) is 35.5 Å². The molecular weight excluding hydrogens is 204 g/mol. The van der Waals surface area contributed by atoms with Gasteiger partial charge in [-0.15, -0.1) is 6.58 Å². The van der Waals surface area contributed by atoms with Crippen molar-refractivity contribution in [3.8, 4) is 0 Å². The lowest BCUT2D eigenvalue weighted by molar-refractivity contribution is -0.157. The summed E-state index contributed by atoms with van der Waals surface area (Å²) in [7, 11) is 0. The zero-order valence-corrected chi connectivity index (χ0v) is 10.2. The van der Waals surface area contributed by atoms with Crippen molar-refractivity contribution in [2.24, 2.45) is 0 Å². The van der Waals surface area contributed by atoms with E-state index < -0.39 is 5.60 Å². The average Bonchev–Trinajstić information content (AvgIpc) is 2.31. The van der Waals surface area contributed by atoms with Crippen molar-refractivity contribution in [1.82, 2.24) is 0 Å². The van der Waals surface area contributed by atoms with Gasteiger partial charge in [-0.05, 0) is 19.8 Å². The van der Waals surface area contributed by atoms with Crippen molar-refractivity contribution < 1.29 is 14.3 Å². The van der Waals surface area contributed by atoms with E-state index in [0.29, 0.717) is 39.1 Å². The van der Waals surface area contributed by atoms with Gasteiger partial charge in [-0.1, -0.05) is 6.08 Å². The quantitative estimate of drug-likeness (QED) is 0.494. The lowest BCUT2D eigenvalue weighted by Gasteiger charge is -2.35. The van der Waals surface area contributed by atoms with E-state index in [1.54, 1.807) is 0 Å². The molecule has 1 rings (SSSR count). The van der Waals surface area contributed by atoms with E-state index in [9.17, 15) is 4.79 Å². The van der Waals surface area contributed by atoms with E-state index in [2.05, 4.69) is 6.58 Å². The number of ether oxygens (including phenoxy) is 2. The summed E-state index contributed by atoms with van der Waals surface area (Å²) in [6, 6.07) is 0. The fourth-order valence-electron chi connectivity index (χ4n) is 2.12. The van der Waals surface area contributed by atoms with E-state index in [1.807, 2.05) is 13.0 Å². The first-order valence-corrected chi connectivity index (χ1v) is 6.11. The van der Waals surface area contributed by atoms with E-state index in [0.717, 1.165) is 12.8 Å². The summed E-state index contributed by atoms with van der Waals surface area (Å²) in [6.07, 6.45) is 5.61. The van der Waals surface area contributed by atoms with Crippen LogP contribution in [0.2, 0.25) is 0 Å². The van der Waals surface area contributed by atoms with Crippen LogP contribution in [0.15, 0.2) is 12.7 Å². The smallest absolute Gasteiger partial charge is 0.164 e. The second-order valence-corrected chi connectivity index (χ2v) is 4.14. The molecule has 0 aromatic heterocycles. The zero-order valence-electron chi connectivity index (χ0n) is 10.2. The summed E-state index contributed by atoms with van der Waals surface area (Å²) >= 11 is 0. The van der Waals surface area contributed by atoms with Crippen molar-refractivity contribution in [2.45, 2.75) is 44.6 Å². The molecule has 16 heavy (non-hydrogen) atoms. The summed E-state index contributed by atoms with van der Waals surface area (Å²) in [6.45, 7) is 7.45. The predicted octanol–water partition coefficient (Wildman–Crippen LogP) is 2.50. The first-order chi connectivity index (χ1) is 7.75. The Morgan fingerprint density at radius 2 is 2.19 bits per heavy atom. The number of carbonyl (C=O) groups is 1. The highest BCUT2D eigenvalue weighted by Gasteiger charge is 2.39. The second kappa shape index (κ2) is 6.81. The Kier molecular flexibility index (Phi) is 5.71. The summed E-state index contributed by atoms with van der Waals surface area (Å²) in [4.78, 5) is 12.2. The molecule has 3 nitrogen and oxygen atoms in total. The number of hydrogen-bond donors (Lipinski definition) is 0. The molecule has 1 fully saturated rings. The van der Waals surface area contributed by atoms with Gasteiger partial charge in [0.2, 0.25) is 0 Å². The van der Waals surface area contributed by atoms with Crippen LogP contribution in [0.5, 0.6) is 0 Å². The molecule has 0 atom stereocenters. The molecule has 0 spiro atoms. The number of rotatable bonds is 7. The Morgan fingerprint density at radius 3 is 2.75 bits per heavy atom. The van der Waals surface area contributed by atoms with Crippen molar-refractivity contribution in [3.05, 3.63) is 12.7 Å². The second-order valence-electron chi connectivity index (χ2n) is 4.14. The van der Waals surface area contributed by atoms with Crippen LogP contribution in [0.25, 0.3) is 0 Å². The molecule has 1 heterocycles. The Balaban J connectivity index is 2.53. The Morgan fingerprint density at radius 1 is 1.50 bits per heavy atom. The molecule has 1 aliphatic heterocycles. The number of ketones is 1. The third-order valence-electron chi connectivity index (χ3n) is 3.04. The maximum atomic E-state index is 12.2. The van der Waals surface area contributed by atoms with E-state index >= 15 is 0 Å². The number of carbonyl (C=O) groups excluding carboxylic acids is 1. The molecule has 0 N–H and O–H groups in total. The minimum Gasteiger partial charge on any atom is -0.381 e. The van der Waals surface area contributed by atoms with Gasteiger partial charge in [0.1, 0.15) is 5.60 Å². The Hall–Kier alpha value is -0.670. The molecule has 0 saturated carbocycles. The predicted molar refractivity (Wildman–Crippen MR) is 63.5 cm³/mol. The number of Topliss-reactive ketones (excluding diaryl/α,β-unsaturated/α-hetero) is 1. The van der Waals surface area contributed by atoms with Gasteiger partial charge in [0.05, 0.1) is 0 Å². The van der Waals surface area contributed by atoms with Gasteiger partial charge in [0.15, 0.2) is 5.78 Å². The lowest BCUT2D eigenvalue weighted by atomic mass is 9.86. The van der Waals surface area contributed by atoms with Crippen LogP contribution in [0.4, 0.5) is 0 Å². The first-order valence-electron chi connectivity index (χ1n) is 6.11. The molecule has 92 valence electrons. The van der Waals surface area contributed by atoms with Gasteiger partial charge in [0.25, 0.3) is 0 Å². The van der Waals surface area contributed by atoms with Crippen LogP contribution in [0.3, 0.4) is 0 Å². The van der Waals surface area contributed by atoms with Gasteiger partial charge in [-0.3, -0.25) is 4.79 Å². The van der Waals surface area contributed by atoms with Crippen LogP contribution >= 0.6 is 0 Å². The molecule has 0 aromatic rings. The highest BCUT2D eigenvalue weighted by Crippen LogP contribution is 2.28. The summed E-state index contributed by atoms with van der Waals surface area (Å²) in [5.74, 6) is 0.236. The van der Waals surface area contributed by atoms with Crippen molar-refractivity contribution >= 4 is 5.78 Å². The fourth-order valence-corrected chi connectivity index (χ4v) is 2.12. The molecule has 0 bridgehead atoms. The van der Waals surface area contributed by atoms with Crippen LogP contribution in [-0.2, 0) is 14.3 Å². The van der Waals surface area contributed by atoms with Crippen LogP contribution in [-0.4, -0.2) is 31.2 Å².